The number of hydrogen-bond acceptors (Lipinski definition) is 4. The second-order valence-corrected chi connectivity index (χ2v) is 7.30. The van der Waals surface area contributed by atoms with Crippen LogP contribution in [0.1, 0.15) is 40.0 Å². The van der Waals surface area contributed by atoms with Crippen LogP contribution in [0, 0.1) is 0 Å². The molecule has 0 aliphatic carbocycles. The van der Waals surface area contributed by atoms with Crippen LogP contribution in [-0.2, 0) is 9.59 Å². The van der Waals surface area contributed by atoms with Crippen molar-refractivity contribution in [2.24, 2.45) is 0 Å². The van der Waals surface area contributed by atoms with Crippen molar-refractivity contribution in [3.8, 4) is 0 Å². The number of hydrogen-bond donors (Lipinski definition) is 1. The molecular formula is C17H29N3O2S. The van der Waals surface area contributed by atoms with E-state index < -0.39 is 0 Å². The summed E-state index contributed by atoms with van der Waals surface area (Å²) in [6.07, 6.45) is 4.77. The topological polar surface area (TPSA) is 52.7 Å². The number of amides is 2. The van der Waals surface area contributed by atoms with Crippen LogP contribution >= 0.6 is 11.8 Å². The van der Waals surface area contributed by atoms with E-state index in [4.69, 9.17) is 0 Å². The number of nitrogens with one attached hydrogen (secondary N) is 1. The smallest absolute Gasteiger partial charge is 0.250 e. The summed E-state index contributed by atoms with van der Waals surface area (Å²) in [6, 6.07) is -0.0722. The van der Waals surface area contributed by atoms with Gasteiger partial charge in [0.05, 0.1) is 5.88 Å². The van der Waals surface area contributed by atoms with Gasteiger partial charge in [-0.05, 0) is 32.7 Å². The van der Waals surface area contributed by atoms with Crippen LogP contribution in [0.5, 0.6) is 0 Å². The van der Waals surface area contributed by atoms with E-state index >= 15 is 0 Å². The fraction of sp³-hybridized carbons (Fsp3) is 0.765. The zero-order valence-electron chi connectivity index (χ0n) is 14.5. The maximum absolute atomic E-state index is 12.6. The quantitative estimate of drug-likeness (QED) is 0.777. The highest BCUT2D eigenvalue weighted by atomic mass is 32.2. The summed E-state index contributed by atoms with van der Waals surface area (Å²) in [5.74, 6) is 1.32. The van der Waals surface area contributed by atoms with Gasteiger partial charge in [-0.25, -0.2) is 0 Å². The first-order chi connectivity index (χ1) is 11.1. The summed E-state index contributed by atoms with van der Waals surface area (Å²) < 4.78 is 0. The zero-order valence-corrected chi connectivity index (χ0v) is 15.3. The van der Waals surface area contributed by atoms with Gasteiger partial charge in [-0.3, -0.25) is 9.59 Å². The molecule has 1 atom stereocenters. The predicted molar refractivity (Wildman–Crippen MR) is 95.3 cm³/mol. The minimum Gasteiger partial charge on any atom is -0.351 e. The van der Waals surface area contributed by atoms with Gasteiger partial charge in [-0.1, -0.05) is 19.9 Å². The van der Waals surface area contributed by atoms with Crippen LogP contribution in [0.3, 0.4) is 0 Å². The van der Waals surface area contributed by atoms with Gasteiger partial charge in [0.25, 0.3) is 5.91 Å². The van der Waals surface area contributed by atoms with E-state index in [1.54, 1.807) is 16.7 Å². The fourth-order valence-corrected chi connectivity index (χ4v) is 4.32. The highest BCUT2D eigenvalue weighted by Gasteiger charge is 2.36. The number of rotatable bonds is 5. The Hall–Kier alpha value is -1.01. The molecule has 0 aromatic rings. The molecule has 2 amide bonds. The molecule has 0 bridgehead atoms. The number of carbonyl (C=O) groups excluding carboxylic acids is 2. The Balaban J connectivity index is 1.91. The number of thioether (sulfide) groups is 1. The largest absolute Gasteiger partial charge is 0.351 e. The van der Waals surface area contributed by atoms with E-state index in [-0.39, 0.29) is 23.9 Å². The highest BCUT2D eigenvalue weighted by Crippen LogP contribution is 2.23. The van der Waals surface area contributed by atoms with E-state index in [1.165, 1.54) is 0 Å². The minimum atomic E-state index is -0.322. The molecule has 6 heteroatoms. The molecule has 0 spiro atoms. The average Bonchev–Trinajstić information content (AvgIpc) is 3.04. The standard InChI is InChI=1S/C17H29N3O2S/c1-4-6-13(3)17(22)20-12-23-11-15(20)16(21)18-14-7-9-19(5-2)10-8-14/h6,14-15H,4-5,7-12H2,1-3H3,(H,18,21)/b13-6+/t15-/m1/s1. The maximum atomic E-state index is 12.6. The molecule has 2 heterocycles. The lowest BCUT2D eigenvalue weighted by Gasteiger charge is -2.32. The van der Waals surface area contributed by atoms with Crippen molar-refractivity contribution in [1.29, 1.82) is 0 Å². The summed E-state index contributed by atoms with van der Waals surface area (Å²) in [4.78, 5) is 29.2. The minimum absolute atomic E-state index is 0.00203. The number of carbonyl (C=O) groups is 2. The molecule has 2 aliphatic heterocycles. The first kappa shape index (κ1) is 18.3. The van der Waals surface area contributed by atoms with Gasteiger partial charge in [0, 0.05) is 30.5 Å². The van der Waals surface area contributed by atoms with Crippen LogP contribution in [0.15, 0.2) is 11.6 Å². The van der Waals surface area contributed by atoms with Crippen molar-refractivity contribution >= 4 is 23.6 Å². The fourth-order valence-electron chi connectivity index (χ4n) is 3.17. The van der Waals surface area contributed by atoms with Crippen molar-refractivity contribution in [1.82, 2.24) is 15.1 Å². The van der Waals surface area contributed by atoms with Gasteiger partial charge in [0.15, 0.2) is 0 Å². The van der Waals surface area contributed by atoms with Crippen molar-refractivity contribution in [3.05, 3.63) is 11.6 Å². The third kappa shape index (κ3) is 4.73. The van der Waals surface area contributed by atoms with Gasteiger partial charge >= 0.3 is 0 Å². The Morgan fingerprint density at radius 1 is 1.26 bits per heavy atom. The number of piperidine rings is 1. The Bertz CT molecular complexity index is 459. The van der Waals surface area contributed by atoms with Gasteiger partial charge < -0.3 is 15.1 Å². The Morgan fingerprint density at radius 3 is 2.57 bits per heavy atom. The number of nitrogens with zero attached hydrogens (tertiary/aromatic N) is 2. The summed E-state index contributed by atoms with van der Waals surface area (Å²) in [5.41, 5.74) is 0.740. The summed E-state index contributed by atoms with van der Waals surface area (Å²) in [6.45, 7) is 9.19. The van der Waals surface area contributed by atoms with E-state index in [0.29, 0.717) is 11.6 Å². The molecule has 0 saturated carbocycles. The molecular weight excluding hydrogens is 310 g/mol. The number of allylic oxidation sites excluding steroid dienone is 1. The van der Waals surface area contributed by atoms with E-state index in [9.17, 15) is 9.59 Å². The molecule has 0 radical (unpaired) electrons. The normalized spacial score (nSPS) is 24.0. The van der Waals surface area contributed by atoms with Crippen molar-refractivity contribution in [2.75, 3.05) is 31.3 Å². The molecule has 2 aliphatic rings. The summed E-state index contributed by atoms with van der Waals surface area (Å²) in [5, 5.41) is 3.17. The van der Waals surface area contributed by atoms with Crippen LogP contribution in [-0.4, -0.2) is 65.0 Å². The summed E-state index contributed by atoms with van der Waals surface area (Å²) in [7, 11) is 0. The first-order valence-electron chi connectivity index (χ1n) is 8.65. The second-order valence-electron chi connectivity index (χ2n) is 6.30. The molecule has 1 N–H and O–H groups in total. The Kier molecular flexibility index (Phi) is 6.96. The maximum Gasteiger partial charge on any atom is 0.250 e. The number of likely N-dealkylation sites (tertiary alicyclic amines) is 1. The molecule has 2 fully saturated rings. The van der Waals surface area contributed by atoms with Gasteiger partial charge in [0.2, 0.25) is 5.91 Å². The van der Waals surface area contributed by atoms with E-state index in [2.05, 4.69) is 17.1 Å². The molecule has 0 aromatic heterocycles. The van der Waals surface area contributed by atoms with Crippen LogP contribution in [0.2, 0.25) is 0 Å². The molecule has 130 valence electrons. The first-order valence-corrected chi connectivity index (χ1v) is 9.80. The monoisotopic (exact) mass is 339 g/mol. The van der Waals surface area contributed by atoms with Crippen molar-refractivity contribution in [2.45, 2.75) is 52.1 Å². The lowest BCUT2D eigenvalue weighted by atomic mass is 10.0. The SMILES string of the molecule is CC/C=C(\C)C(=O)N1CSC[C@@H]1C(=O)NC1CCN(CC)CC1. The van der Waals surface area contributed by atoms with Crippen LogP contribution in [0.4, 0.5) is 0 Å². The molecule has 5 nitrogen and oxygen atoms in total. The zero-order chi connectivity index (χ0) is 16.8. The third-order valence-electron chi connectivity index (χ3n) is 4.67. The Labute approximate surface area is 143 Å². The average molecular weight is 340 g/mol. The molecule has 2 saturated heterocycles. The van der Waals surface area contributed by atoms with E-state index in [1.807, 2.05) is 19.9 Å². The summed E-state index contributed by atoms with van der Waals surface area (Å²) >= 11 is 1.66. The second kappa shape index (κ2) is 8.73. The predicted octanol–water partition coefficient (Wildman–Crippen LogP) is 1.84. The van der Waals surface area contributed by atoms with Crippen LogP contribution in [0.25, 0.3) is 0 Å². The lowest BCUT2D eigenvalue weighted by Crippen LogP contribution is -2.52. The van der Waals surface area contributed by atoms with Crippen molar-refractivity contribution < 1.29 is 9.59 Å². The lowest BCUT2D eigenvalue weighted by molar-refractivity contribution is -0.135. The van der Waals surface area contributed by atoms with Crippen LogP contribution < -0.4 is 5.32 Å². The third-order valence-corrected chi connectivity index (χ3v) is 5.69. The molecule has 23 heavy (non-hydrogen) atoms. The van der Waals surface area contributed by atoms with E-state index in [0.717, 1.165) is 44.5 Å². The van der Waals surface area contributed by atoms with Gasteiger partial charge in [-0.2, -0.15) is 0 Å². The van der Waals surface area contributed by atoms with Crippen molar-refractivity contribution in [3.63, 3.8) is 0 Å². The molecule has 0 unspecified atom stereocenters. The molecule has 0 aromatic carbocycles. The highest BCUT2D eigenvalue weighted by molar-refractivity contribution is 7.99. The molecule has 2 rings (SSSR count). The van der Waals surface area contributed by atoms with Gasteiger partial charge in [0.1, 0.15) is 6.04 Å². The Morgan fingerprint density at radius 2 is 1.96 bits per heavy atom. The van der Waals surface area contributed by atoms with Gasteiger partial charge in [-0.15, -0.1) is 11.8 Å².